The molecule has 3 nitrogen and oxygen atoms in total. The maximum atomic E-state index is 6.76. The molecule has 1 N–H and O–H groups in total. The van der Waals surface area contributed by atoms with Gasteiger partial charge in [0.15, 0.2) is 0 Å². The van der Waals surface area contributed by atoms with Gasteiger partial charge in [0.05, 0.1) is 0 Å². The Morgan fingerprint density at radius 2 is 1.92 bits per heavy atom. The number of hydrogen-bond donors (Lipinski definition) is 1. The highest BCUT2D eigenvalue weighted by Crippen LogP contribution is 2.43. The number of hydrogen-bond acceptors (Lipinski definition) is 3. The first-order chi connectivity index (χ1) is 12.5. The lowest BCUT2D eigenvalue weighted by molar-refractivity contribution is 0.0197. The minimum atomic E-state index is 0.0963. The number of nitrogens with zero attached hydrogens (tertiary/aromatic N) is 2. The van der Waals surface area contributed by atoms with E-state index in [0.717, 1.165) is 31.2 Å². The van der Waals surface area contributed by atoms with Crippen molar-refractivity contribution in [3.8, 4) is 0 Å². The van der Waals surface area contributed by atoms with Gasteiger partial charge in [-0.25, -0.2) is 0 Å². The molecule has 2 atom stereocenters. The summed E-state index contributed by atoms with van der Waals surface area (Å²) in [4.78, 5) is 5.30. The Hall–Kier alpha value is -0.610. The van der Waals surface area contributed by atoms with Crippen molar-refractivity contribution in [2.24, 2.45) is 0 Å². The van der Waals surface area contributed by atoms with Gasteiger partial charge in [0.1, 0.15) is 0 Å². The van der Waals surface area contributed by atoms with Gasteiger partial charge in [-0.05, 0) is 71.7 Å². The highest BCUT2D eigenvalue weighted by molar-refractivity contribution is 6.31. The molecule has 1 aromatic rings. The lowest BCUT2D eigenvalue weighted by atomic mass is 9.67. The molecule has 0 radical (unpaired) electrons. The molecule has 2 fully saturated rings. The molecule has 3 rings (SSSR count). The number of nitrogens with one attached hydrogen (secondary N) is 1. The normalized spacial score (nSPS) is 27.3. The summed E-state index contributed by atoms with van der Waals surface area (Å²) in [5, 5.41) is 4.66. The van der Waals surface area contributed by atoms with E-state index in [1.165, 1.54) is 31.4 Å². The average molecular weight is 378 g/mol. The predicted molar refractivity (Wildman–Crippen MR) is 112 cm³/mol. The van der Waals surface area contributed by atoms with Crippen LogP contribution in [0.5, 0.6) is 0 Å². The lowest BCUT2D eigenvalue weighted by Crippen LogP contribution is -2.64. The highest BCUT2D eigenvalue weighted by atomic mass is 35.5. The van der Waals surface area contributed by atoms with E-state index in [0.29, 0.717) is 18.1 Å². The summed E-state index contributed by atoms with van der Waals surface area (Å²) in [6, 6.07) is 10.3. The van der Waals surface area contributed by atoms with E-state index in [2.05, 4.69) is 67.1 Å². The molecule has 0 aliphatic carbocycles. The summed E-state index contributed by atoms with van der Waals surface area (Å²) < 4.78 is 0. The van der Waals surface area contributed by atoms with Crippen molar-refractivity contribution < 1.29 is 0 Å². The lowest BCUT2D eigenvalue weighted by Gasteiger charge is -2.54. The van der Waals surface area contributed by atoms with Crippen molar-refractivity contribution in [1.82, 2.24) is 15.1 Å². The van der Waals surface area contributed by atoms with Crippen molar-refractivity contribution in [2.45, 2.75) is 76.9 Å². The SMILES string of the molecule is CC(C)N(CCC1(c2ccccc2Cl)CNCN2CCCCC21)C(C)C. The first-order valence-electron chi connectivity index (χ1n) is 10.4. The first-order valence-corrected chi connectivity index (χ1v) is 10.8. The number of rotatable bonds is 6. The molecule has 0 spiro atoms. The predicted octanol–water partition coefficient (Wildman–Crippen LogP) is 4.50. The minimum Gasteiger partial charge on any atom is -0.303 e. The topological polar surface area (TPSA) is 18.5 Å². The molecule has 26 heavy (non-hydrogen) atoms. The van der Waals surface area contributed by atoms with E-state index in [1.807, 2.05) is 0 Å². The monoisotopic (exact) mass is 377 g/mol. The van der Waals surface area contributed by atoms with Crippen LogP contribution in [0.2, 0.25) is 5.02 Å². The number of fused-ring (bicyclic) bond motifs is 1. The Balaban J connectivity index is 1.95. The summed E-state index contributed by atoms with van der Waals surface area (Å²) >= 11 is 6.76. The van der Waals surface area contributed by atoms with Crippen molar-refractivity contribution >= 4 is 11.6 Å². The quantitative estimate of drug-likeness (QED) is 0.787. The first kappa shape index (κ1) is 20.1. The Bertz CT molecular complexity index is 579. The summed E-state index contributed by atoms with van der Waals surface area (Å²) in [6.07, 6.45) is 5.10. The molecule has 0 aromatic heterocycles. The summed E-state index contributed by atoms with van der Waals surface area (Å²) in [7, 11) is 0. The van der Waals surface area contributed by atoms with Gasteiger partial charge in [-0.1, -0.05) is 36.2 Å². The number of benzene rings is 1. The van der Waals surface area contributed by atoms with Crippen LogP contribution in [0, 0.1) is 0 Å². The maximum absolute atomic E-state index is 6.76. The molecule has 0 amide bonds. The third kappa shape index (κ3) is 3.96. The molecule has 2 unspecified atom stereocenters. The molecule has 0 saturated carbocycles. The Morgan fingerprint density at radius 1 is 1.19 bits per heavy atom. The zero-order valence-electron chi connectivity index (χ0n) is 17.0. The second kappa shape index (κ2) is 8.60. The standard InChI is InChI=1S/C22H36ClN3/c1-17(2)26(18(3)4)14-12-22(19-9-5-6-10-20(19)23)15-24-16-25-13-8-7-11-21(22)25/h5-6,9-10,17-18,21,24H,7-8,11-16H2,1-4H3. The molecular weight excluding hydrogens is 342 g/mol. The Labute approximate surface area is 165 Å². The van der Waals surface area contributed by atoms with Gasteiger partial charge in [-0.15, -0.1) is 0 Å². The van der Waals surface area contributed by atoms with Crippen LogP contribution >= 0.6 is 11.6 Å². The van der Waals surface area contributed by atoms with Gasteiger partial charge < -0.3 is 5.32 Å². The van der Waals surface area contributed by atoms with Crippen molar-refractivity contribution in [1.29, 1.82) is 0 Å². The number of halogens is 1. The van der Waals surface area contributed by atoms with Crippen LogP contribution in [0.15, 0.2) is 24.3 Å². The molecule has 0 bridgehead atoms. The summed E-state index contributed by atoms with van der Waals surface area (Å²) in [6.45, 7) is 13.6. The number of piperidine rings is 1. The fraction of sp³-hybridized carbons (Fsp3) is 0.727. The van der Waals surface area contributed by atoms with Crippen LogP contribution < -0.4 is 5.32 Å². The second-order valence-corrected chi connectivity index (χ2v) is 9.13. The van der Waals surface area contributed by atoms with Crippen LogP contribution in [0.1, 0.15) is 58.9 Å². The molecule has 146 valence electrons. The van der Waals surface area contributed by atoms with Gasteiger partial charge in [0, 0.05) is 41.8 Å². The van der Waals surface area contributed by atoms with Crippen molar-refractivity contribution in [3.63, 3.8) is 0 Å². The smallest absolute Gasteiger partial charge is 0.0483 e. The van der Waals surface area contributed by atoms with Gasteiger partial charge in [0.2, 0.25) is 0 Å². The third-order valence-electron chi connectivity index (χ3n) is 6.56. The van der Waals surface area contributed by atoms with Crippen LogP contribution in [-0.4, -0.2) is 54.2 Å². The zero-order valence-corrected chi connectivity index (χ0v) is 17.7. The van der Waals surface area contributed by atoms with Gasteiger partial charge in [0.25, 0.3) is 0 Å². The zero-order chi connectivity index (χ0) is 18.7. The van der Waals surface area contributed by atoms with Crippen LogP contribution in [0.25, 0.3) is 0 Å². The molecular formula is C22H36ClN3. The van der Waals surface area contributed by atoms with Crippen LogP contribution in [0.4, 0.5) is 0 Å². The molecule has 2 heterocycles. The maximum Gasteiger partial charge on any atom is 0.0483 e. The molecule has 2 aliphatic heterocycles. The summed E-state index contributed by atoms with van der Waals surface area (Å²) in [5.41, 5.74) is 1.44. The third-order valence-corrected chi connectivity index (χ3v) is 6.89. The second-order valence-electron chi connectivity index (χ2n) is 8.72. The van der Waals surface area contributed by atoms with E-state index < -0.39 is 0 Å². The Morgan fingerprint density at radius 3 is 2.62 bits per heavy atom. The van der Waals surface area contributed by atoms with Crippen molar-refractivity contribution in [2.75, 3.05) is 26.3 Å². The fourth-order valence-electron chi connectivity index (χ4n) is 5.32. The molecule has 2 saturated heterocycles. The molecule has 4 heteroatoms. The van der Waals surface area contributed by atoms with Crippen LogP contribution in [0.3, 0.4) is 0 Å². The molecule has 2 aliphatic rings. The highest BCUT2D eigenvalue weighted by Gasteiger charge is 2.47. The van der Waals surface area contributed by atoms with Gasteiger partial charge in [-0.2, -0.15) is 0 Å². The van der Waals surface area contributed by atoms with Gasteiger partial charge in [-0.3, -0.25) is 9.80 Å². The Kier molecular flexibility index (Phi) is 6.66. The largest absolute Gasteiger partial charge is 0.303 e. The van der Waals surface area contributed by atoms with E-state index in [4.69, 9.17) is 11.6 Å². The van der Waals surface area contributed by atoms with Gasteiger partial charge >= 0.3 is 0 Å². The molecule has 1 aromatic carbocycles. The van der Waals surface area contributed by atoms with Crippen molar-refractivity contribution in [3.05, 3.63) is 34.9 Å². The average Bonchev–Trinajstić information content (AvgIpc) is 2.62. The van der Waals surface area contributed by atoms with E-state index in [9.17, 15) is 0 Å². The van der Waals surface area contributed by atoms with Crippen LogP contribution in [-0.2, 0) is 5.41 Å². The minimum absolute atomic E-state index is 0.0963. The van der Waals surface area contributed by atoms with E-state index in [-0.39, 0.29) is 5.41 Å². The summed E-state index contributed by atoms with van der Waals surface area (Å²) in [5.74, 6) is 0. The fourth-order valence-corrected chi connectivity index (χ4v) is 5.64. The van der Waals surface area contributed by atoms with E-state index in [1.54, 1.807) is 0 Å². The van der Waals surface area contributed by atoms with E-state index >= 15 is 0 Å².